The van der Waals surface area contributed by atoms with Gasteiger partial charge in [-0.1, -0.05) is 13.8 Å². The van der Waals surface area contributed by atoms with E-state index in [1.165, 1.54) is 12.8 Å². The van der Waals surface area contributed by atoms with E-state index in [-0.39, 0.29) is 5.97 Å². The summed E-state index contributed by atoms with van der Waals surface area (Å²) in [5.74, 6) is 0.257. The minimum atomic E-state index is -0.288. The molecule has 4 heteroatoms. The van der Waals surface area contributed by atoms with Gasteiger partial charge in [-0.2, -0.15) is 0 Å². The number of anilines is 2. The van der Waals surface area contributed by atoms with Gasteiger partial charge in [0.2, 0.25) is 0 Å². The summed E-state index contributed by atoms with van der Waals surface area (Å²) >= 11 is 0. The summed E-state index contributed by atoms with van der Waals surface area (Å²) in [6.07, 6.45) is 2.39. The number of nitrogens with zero attached hydrogens (tertiary/aromatic N) is 1. The van der Waals surface area contributed by atoms with E-state index in [1.807, 2.05) is 19.1 Å². The third kappa shape index (κ3) is 3.44. The third-order valence-electron chi connectivity index (χ3n) is 3.37. The average Bonchev–Trinajstić information content (AvgIpc) is 3.20. The second kappa shape index (κ2) is 6.16. The molecule has 1 aromatic carbocycles. The monoisotopic (exact) mass is 276 g/mol. The molecule has 0 bridgehead atoms. The molecule has 0 atom stereocenters. The molecule has 1 fully saturated rings. The van der Waals surface area contributed by atoms with Crippen LogP contribution >= 0.6 is 0 Å². The lowest BCUT2D eigenvalue weighted by Gasteiger charge is -2.28. The Hall–Kier alpha value is -1.71. The number of benzene rings is 1. The number of nitrogens with two attached hydrogens (primary N) is 1. The van der Waals surface area contributed by atoms with Crippen molar-refractivity contribution in [3.05, 3.63) is 23.8 Å². The molecule has 2 N–H and O–H groups in total. The molecule has 0 amide bonds. The van der Waals surface area contributed by atoms with Gasteiger partial charge in [0.1, 0.15) is 0 Å². The molecule has 2 rings (SSSR count). The van der Waals surface area contributed by atoms with Crippen LogP contribution in [0.3, 0.4) is 0 Å². The second-order valence-corrected chi connectivity index (χ2v) is 5.77. The summed E-state index contributed by atoms with van der Waals surface area (Å²) < 4.78 is 5.16. The molecular weight excluding hydrogens is 252 g/mol. The van der Waals surface area contributed by atoms with Crippen molar-refractivity contribution in [3.63, 3.8) is 0 Å². The fourth-order valence-electron chi connectivity index (χ4n) is 2.40. The predicted octanol–water partition coefficient (Wildman–Crippen LogP) is 3.07. The standard InChI is InChI=1S/C16H24N2O2/c1-4-20-16(19)14-9-12(17)5-8-15(14)18(10-11(2)3)13-6-7-13/h5,8-9,11,13H,4,6-7,10,17H2,1-3H3. The number of esters is 1. The first-order valence-corrected chi connectivity index (χ1v) is 7.36. The number of carbonyl (C=O) groups excluding carboxylic acids is 1. The first kappa shape index (κ1) is 14.7. The summed E-state index contributed by atoms with van der Waals surface area (Å²) in [5, 5.41) is 0. The quantitative estimate of drug-likeness (QED) is 0.641. The maximum Gasteiger partial charge on any atom is 0.340 e. The number of hydrogen-bond donors (Lipinski definition) is 1. The molecule has 1 aliphatic carbocycles. The summed E-state index contributed by atoms with van der Waals surface area (Å²) in [6, 6.07) is 6.08. The maximum absolute atomic E-state index is 12.1. The Bertz CT molecular complexity index is 481. The van der Waals surface area contributed by atoms with Crippen molar-refractivity contribution in [2.45, 2.75) is 39.7 Å². The molecule has 110 valence electrons. The van der Waals surface area contributed by atoms with Gasteiger partial charge in [-0.15, -0.1) is 0 Å². The van der Waals surface area contributed by atoms with Crippen LogP contribution in [0.25, 0.3) is 0 Å². The van der Waals surface area contributed by atoms with E-state index in [2.05, 4.69) is 18.7 Å². The highest BCUT2D eigenvalue weighted by Crippen LogP contribution is 2.35. The Kier molecular flexibility index (Phi) is 4.53. The zero-order chi connectivity index (χ0) is 14.7. The Morgan fingerprint density at radius 3 is 2.70 bits per heavy atom. The van der Waals surface area contributed by atoms with Gasteiger partial charge in [-0.25, -0.2) is 4.79 Å². The lowest BCUT2D eigenvalue weighted by molar-refractivity contribution is 0.0527. The number of rotatable bonds is 6. The minimum Gasteiger partial charge on any atom is -0.462 e. The second-order valence-electron chi connectivity index (χ2n) is 5.77. The topological polar surface area (TPSA) is 55.6 Å². The van der Waals surface area contributed by atoms with Crippen molar-refractivity contribution in [3.8, 4) is 0 Å². The number of carbonyl (C=O) groups is 1. The fraction of sp³-hybridized carbons (Fsp3) is 0.562. The molecule has 0 radical (unpaired) electrons. The summed E-state index contributed by atoms with van der Waals surface area (Å²) in [5.41, 5.74) is 7.96. The summed E-state index contributed by atoms with van der Waals surface area (Å²) in [6.45, 7) is 7.52. The Labute approximate surface area is 120 Å². The van der Waals surface area contributed by atoms with Crippen LogP contribution < -0.4 is 10.6 Å². The Morgan fingerprint density at radius 1 is 1.45 bits per heavy atom. The SMILES string of the molecule is CCOC(=O)c1cc(N)ccc1N(CC(C)C)C1CC1. The first-order chi connectivity index (χ1) is 9.52. The van der Waals surface area contributed by atoms with E-state index in [1.54, 1.807) is 6.07 Å². The van der Waals surface area contributed by atoms with Crippen molar-refractivity contribution >= 4 is 17.3 Å². The highest BCUT2D eigenvalue weighted by Gasteiger charge is 2.32. The molecule has 0 heterocycles. The van der Waals surface area contributed by atoms with Crippen LogP contribution in [0.1, 0.15) is 44.0 Å². The molecule has 0 aromatic heterocycles. The normalized spacial score (nSPS) is 14.4. The molecule has 20 heavy (non-hydrogen) atoms. The highest BCUT2D eigenvalue weighted by atomic mass is 16.5. The van der Waals surface area contributed by atoms with E-state index >= 15 is 0 Å². The Morgan fingerprint density at radius 2 is 2.15 bits per heavy atom. The molecule has 0 aliphatic heterocycles. The van der Waals surface area contributed by atoms with Crippen molar-refractivity contribution in [2.24, 2.45) is 5.92 Å². The smallest absolute Gasteiger partial charge is 0.340 e. The molecule has 1 saturated carbocycles. The average molecular weight is 276 g/mol. The van der Waals surface area contributed by atoms with Crippen LogP contribution in [0.5, 0.6) is 0 Å². The van der Waals surface area contributed by atoms with E-state index in [4.69, 9.17) is 10.5 Å². The molecule has 1 aromatic rings. The molecule has 0 unspecified atom stereocenters. The van der Waals surface area contributed by atoms with Gasteiger partial charge in [0.15, 0.2) is 0 Å². The van der Waals surface area contributed by atoms with Gasteiger partial charge in [-0.05, 0) is 43.9 Å². The van der Waals surface area contributed by atoms with E-state index < -0.39 is 0 Å². The fourth-order valence-corrected chi connectivity index (χ4v) is 2.40. The lowest BCUT2D eigenvalue weighted by atomic mass is 10.1. The van der Waals surface area contributed by atoms with E-state index in [0.717, 1.165) is 12.2 Å². The van der Waals surface area contributed by atoms with E-state index in [0.29, 0.717) is 29.8 Å². The molecular formula is C16H24N2O2. The van der Waals surface area contributed by atoms with Crippen molar-refractivity contribution in [1.29, 1.82) is 0 Å². The largest absolute Gasteiger partial charge is 0.462 e. The predicted molar refractivity (Wildman–Crippen MR) is 82.0 cm³/mol. The van der Waals surface area contributed by atoms with Crippen molar-refractivity contribution in [1.82, 2.24) is 0 Å². The van der Waals surface area contributed by atoms with Gasteiger partial charge in [0, 0.05) is 18.3 Å². The number of hydrogen-bond acceptors (Lipinski definition) is 4. The van der Waals surface area contributed by atoms with Crippen molar-refractivity contribution in [2.75, 3.05) is 23.8 Å². The van der Waals surface area contributed by atoms with Crippen LogP contribution in [-0.2, 0) is 4.74 Å². The van der Waals surface area contributed by atoms with Crippen LogP contribution in [-0.4, -0.2) is 25.2 Å². The van der Waals surface area contributed by atoms with Gasteiger partial charge in [-0.3, -0.25) is 0 Å². The zero-order valence-electron chi connectivity index (χ0n) is 12.6. The molecule has 0 saturated heterocycles. The summed E-state index contributed by atoms with van der Waals surface area (Å²) in [7, 11) is 0. The van der Waals surface area contributed by atoms with Crippen LogP contribution in [0.2, 0.25) is 0 Å². The molecule has 1 aliphatic rings. The van der Waals surface area contributed by atoms with Crippen LogP contribution in [0.4, 0.5) is 11.4 Å². The Balaban J connectivity index is 2.35. The highest BCUT2D eigenvalue weighted by molar-refractivity contribution is 5.97. The van der Waals surface area contributed by atoms with Gasteiger partial charge in [0.05, 0.1) is 17.9 Å². The van der Waals surface area contributed by atoms with Gasteiger partial charge >= 0.3 is 5.97 Å². The minimum absolute atomic E-state index is 0.288. The van der Waals surface area contributed by atoms with Crippen molar-refractivity contribution < 1.29 is 9.53 Å². The van der Waals surface area contributed by atoms with Crippen LogP contribution in [0.15, 0.2) is 18.2 Å². The van der Waals surface area contributed by atoms with E-state index in [9.17, 15) is 4.79 Å². The molecule has 0 spiro atoms. The third-order valence-corrected chi connectivity index (χ3v) is 3.37. The van der Waals surface area contributed by atoms with Gasteiger partial charge in [0.25, 0.3) is 0 Å². The zero-order valence-corrected chi connectivity index (χ0v) is 12.6. The van der Waals surface area contributed by atoms with Crippen LogP contribution in [0, 0.1) is 5.92 Å². The lowest BCUT2D eigenvalue weighted by Crippen LogP contribution is -2.31. The maximum atomic E-state index is 12.1. The molecule has 4 nitrogen and oxygen atoms in total. The first-order valence-electron chi connectivity index (χ1n) is 7.36. The number of ether oxygens (including phenoxy) is 1. The summed E-state index contributed by atoms with van der Waals surface area (Å²) in [4.78, 5) is 14.5. The van der Waals surface area contributed by atoms with Gasteiger partial charge < -0.3 is 15.4 Å². The number of nitrogen functional groups attached to an aromatic ring is 1.